The number of carbonyl (C=O) groups is 1. The van der Waals surface area contributed by atoms with Crippen LogP contribution >= 0.6 is 0 Å². The van der Waals surface area contributed by atoms with Crippen LogP contribution < -0.4 is 10.1 Å². The molecular formula is C24H25N3O3. The second-order valence-electron chi connectivity index (χ2n) is 8.46. The summed E-state index contributed by atoms with van der Waals surface area (Å²) in [6.45, 7) is 1.39. The summed E-state index contributed by atoms with van der Waals surface area (Å²) < 4.78 is 11.4. The topological polar surface area (TPSA) is 84.2 Å². The Morgan fingerprint density at radius 1 is 1.10 bits per heavy atom. The Morgan fingerprint density at radius 2 is 1.87 bits per heavy atom. The van der Waals surface area contributed by atoms with Gasteiger partial charge in [0.05, 0.1) is 18.8 Å². The van der Waals surface area contributed by atoms with E-state index >= 15 is 0 Å². The largest absolute Gasteiger partial charge is 0.489 e. The van der Waals surface area contributed by atoms with Gasteiger partial charge in [-0.1, -0.05) is 12.5 Å². The monoisotopic (exact) mass is 403 g/mol. The van der Waals surface area contributed by atoms with Crippen molar-refractivity contribution >= 4 is 11.7 Å². The average Bonchev–Trinajstić information content (AvgIpc) is 3.27. The summed E-state index contributed by atoms with van der Waals surface area (Å²) >= 11 is 0. The SMILES string of the molecule is N#Cc1cc(-c2ccnc(NC(=O)C3[C@H]4CCC[C@@H]34)c2)ccc1OC1CCOCC1. The highest BCUT2D eigenvalue weighted by molar-refractivity contribution is 5.94. The molecule has 2 aromatic rings. The Hall–Kier alpha value is -2.91. The lowest BCUT2D eigenvalue weighted by Crippen LogP contribution is -2.26. The molecule has 1 amide bonds. The zero-order valence-electron chi connectivity index (χ0n) is 16.8. The van der Waals surface area contributed by atoms with Crippen LogP contribution in [0.15, 0.2) is 36.5 Å². The van der Waals surface area contributed by atoms with Crippen LogP contribution in [0.3, 0.4) is 0 Å². The van der Waals surface area contributed by atoms with E-state index in [2.05, 4.69) is 16.4 Å². The van der Waals surface area contributed by atoms with Crippen molar-refractivity contribution in [2.75, 3.05) is 18.5 Å². The molecule has 3 atom stereocenters. The van der Waals surface area contributed by atoms with Crippen molar-refractivity contribution in [3.05, 3.63) is 42.1 Å². The predicted molar refractivity (Wildman–Crippen MR) is 112 cm³/mol. The first-order valence-corrected chi connectivity index (χ1v) is 10.8. The Bertz CT molecular complexity index is 983. The number of anilines is 1. The van der Waals surface area contributed by atoms with Gasteiger partial charge in [-0.05, 0) is 60.1 Å². The molecule has 2 aliphatic carbocycles. The number of pyridine rings is 1. The van der Waals surface area contributed by atoms with Crippen LogP contribution in [0, 0.1) is 29.1 Å². The molecule has 0 radical (unpaired) electrons. The minimum Gasteiger partial charge on any atom is -0.489 e. The molecule has 2 heterocycles. The molecular weight excluding hydrogens is 378 g/mol. The first-order valence-electron chi connectivity index (χ1n) is 10.8. The molecule has 3 aliphatic rings. The van der Waals surface area contributed by atoms with Gasteiger partial charge >= 0.3 is 0 Å². The van der Waals surface area contributed by atoms with E-state index in [-0.39, 0.29) is 17.9 Å². The quantitative estimate of drug-likeness (QED) is 0.810. The van der Waals surface area contributed by atoms with Crippen LogP contribution in [0.1, 0.15) is 37.7 Å². The number of nitrogens with zero attached hydrogens (tertiary/aromatic N) is 2. The van der Waals surface area contributed by atoms with E-state index in [0.29, 0.717) is 42.2 Å². The number of carbonyl (C=O) groups excluding carboxylic acids is 1. The van der Waals surface area contributed by atoms with Crippen LogP contribution in [0.2, 0.25) is 0 Å². The van der Waals surface area contributed by atoms with Crippen molar-refractivity contribution in [3.63, 3.8) is 0 Å². The minimum atomic E-state index is 0.0846. The zero-order valence-corrected chi connectivity index (χ0v) is 16.8. The smallest absolute Gasteiger partial charge is 0.229 e. The molecule has 1 N–H and O–H groups in total. The van der Waals surface area contributed by atoms with Crippen LogP contribution in [0.25, 0.3) is 11.1 Å². The number of hydrogen-bond donors (Lipinski definition) is 1. The molecule has 1 aliphatic heterocycles. The fourth-order valence-electron chi connectivity index (χ4n) is 4.97. The lowest BCUT2D eigenvalue weighted by Gasteiger charge is -2.23. The number of hydrogen-bond acceptors (Lipinski definition) is 5. The van der Waals surface area contributed by atoms with Gasteiger partial charge in [0, 0.05) is 25.0 Å². The molecule has 6 nitrogen and oxygen atoms in total. The van der Waals surface area contributed by atoms with E-state index in [1.807, 2.05) is 30.3 Å². The Labute approximate surface area is 176 Å². The number of ether oxygens (including phenoxy) is 2. The number of fused-ring (bicyclic) bond motifs is 1. The van der Waals surface area contributed by atoms with E-state index in [4.69, 9.17) is 9.47 Å². The van der Waals surface area contributed by atoms with E-state index in [9.17, 15) is 10.1 Å². The Kier molecular flexibility index (Phi) is 5.14. The fraction of sp³-hybridized carbons (Fsp3) is 0.458. The summed E-state index contributed by atoms with van der Waals surface area (Å²) in [4.78, 5) is 16.9. The van der Waals surface area contributed by atoms with Crippen LogP contribution in [-0.4, -0.2) is 30.2 Å². The lowest BCUT2D eigenvalue weighted by molar-refractivity contribution is -0.118. The summed E-state index contributed by atoms with van der Waals surface area (Å²) in [6.07, 6.45) is 7.05. The Morgan fingerprint density at radius 3 is 2.63 bits per heavy atom. The lowest BCUT2D eigenvalue weighted by atomic mass is 10.0. The van der Waals surface area contributed by atoms with E-state index in [1.165, 1.54) is 19.3 Å². The van der Waals surface area contributed by atoms with Crippen molar-refractivity contribution in [2.45, 2.75) is 38.2 Å². The minimum absolute atomic E-state index is 0.0846. The van der Waals surface area contributed by atoms with Crippen LogP contribution in [-0.2, 0) is 9.53 Å². The molecule has 2 saturated carbocycles. The van der Waals surface area contributed by atoms with Crippen LogP contribution in [0.4, 0.5) is 5.82 Å². The molecule has 3 fully saturated rings. The maximum absolute atomic E-state index is 12.6. The van der Waals surface area contributed by atoms with Gasteiger partial charge in [0.1, 0.15) is 23.7 Å². The highest BCUT2D eigenvalue weighted by atomic mass is 16.5. The van der Waals surface area contributed by atoms with Gasteiger partial charge in [-0.25, -0.2) is 4.98 Å². The van der Waals surface area contributed by atoms with E-state index in [0.717, 1.165) is 24.0 Å². The van der Waals surface area contributed by atoms with Gasteiger partial charge in [0.15, 0.2) is 0 Å². The van der Waals surface area contributed by atoms with Crippen molar-refractivity contribution in [2.24, 2.45) is 17.8 Å². The third-order valence-electron chi connectivity index (χ3n) is 6.62. The number of rotatable bonds is 5. The molecule has 154 valence electrons. The summed E-state index contributed by atoms with van der Waals surface area (Å²) in [5.74, 6) is 2.58. The standard InChI is InChI=1S/C24H25N3O3/c25-14-17-12-15(4-5-21(17)30-18-7-10-29-11-8-18)16-6-9-26-22(13-16)27-24(28)23-19-2-1-3-20(19)23/h4-6,9,12-13,18-20,23H,1-3,7-8,10-11H2,(H,26,27,28)/t19-,20+,23?. The molecule has 1 aromatic heterocycles. The summed E-state index contributed by atoms with van der Waals surface area (Å²) in [6, 6.07) is 11.6. The Balaban J connectivity index is 1.30. The molecule has 5 rings (SSSR count). The number of amides is 1. The van der Waals surface area contributed by atoms with Crippen LogP contribution in [0.5, 0.6) is 5.75 Å². The van der Waals surface area contributed by atoms with Gasteiger partial charge in [0.25, 0.3) is 0 Å². The first-order chi connectivity index (χ1) is 14.7. The van der Waals surface area contributed by atoms with Crippen molar-refractivity contribution in [1.29, 1.82) is 5.26 Å². The summed E-state index contributed by atoms with van der Waals surface area (Å²) in [5, 5.41) is 12.6. The first kappa shape index (κ1) is 19.1. The van der Waals surface area contributed by atoms with Crippen molar-refractivity contribution < 1.29 is 14.3 Å². The number of benzene rings is 1. The molecule has 1 unspecified atom stereocenters. The summed E-state index contributed by atoms with van der Waals surface area (Å²) in [5.41, 5.74) is 2.31. The number of nitrogens with one attached hydrogen (secondary N) is 1. The van der Waals surface area contributed by atoms with Gasteiger partial charge < -0.3 is 14.8 Å². The molecule has 30 heavy (non-hydrogen) atoms. The molecule has 1 aromatic carbocycles. The maximum atomic E-state index is 12.6. The van der Waals surface area contributed by atoms with Gasteiger partial charge in [0.2, 0.25) is 5.91 Å². The van der Waals surface area contributed by atoms with E-state index < -0.39 is 0 Å². The third kappa shape index (κ3) is 3.78. The highest BCUT2D eigenvalue weighted by Crippen LogP contribution is 2.57. The van der Waals surface area contributed by atoms with Gasteiger partial charge in [-0.15, -0.1) is 0 Å². The van der Waals surface area contributed by atoms with Gasteiger partial charge in [-0.3, -0.25) is 4.79 Å². The second kappa shape index (κ2) is 8.08. The average molecular weight is 403 g/mol. The maximum Gasteiger partial charge on any atom is 0.229 e. The van der Waals surface area contributed by atoms with Crippen molar-refractivity contribution in [3.8, 4) is 22.9 Å². The number of nitriles is 1. The fourth-order valence-corrected chi connectivity index (χ4v) is 4.97. The summed E-state index contributed by atoms with van der Waals surface area (Å²) in [7, 11) is 0. The van der Waals surface area contributed by atoms with Crippen molar-refractivity contribution in [1.82, 2.24) is 4.98 Å². The third-order valence-corrected chi connectivity index (χ3v) is 6.62. The highest BCUT2D eigenvalue weighted by Gasteiger charge is 2.56. The van der Waals surface area contributed by atoms with Gasteiger partial charge in [-0.2, -0.15) is 5.26 Å². The second-order valence-corrected chi connectivity index (χ2v) is 8.46. The molecule has 1 saturated heterocycles. The molecule has 6 heteroatoms. The molecule has 0 bridgehead atoms. The predicted octanol–water partition coefficient (Wildman–Crippen LogP) is 4.16. The van der Waals surface area contributed by atoms with E-state index in [1.54, 1.807) is 6.20 Å². The zero-order chi connectivity index (χ0) is 20.5. The number of aromatic nitrogens is 1. The molecule has 0 spiro atoms. The normalized spacial score (nSPS) is 25.2.